The molecule has 1 heterocycles. The lowest BCUT2D eigenvalue weighted by molar-refractivity contribution is -0.0775. The highest BCUT2D eigenvalue weighted by Gasteiger charge is 2.22. The van der Waals surface area contributed by atoms with E-state index in [9.17, 15) is 5.11 Å². The fourth-order valence-corrected chi connectivity index (χ4v) is 1.70. The quantitative estimate of drug-likeness (QED) is 0.658. The Morgan fingerprint density at radius 1 is 1.42 bits per heavy atom. The SMILES string of the molecule is CCCCCC1OCCCC1O. The van der Waals surface area contributed by atoms with Crippen LogP contribution in [0.15, 0.2) is 0 Å². The minimum atomic E-state index is -0.199. The normalized spacial score (nSPS) is 30.5. The van der Waals surface area contributed by atoms with Crippen molar-refractivity contribution in [2.24, 2.45) is 0 Å². The summed E-state index contributed by atoms with van der Waals surface area (Å²) in [6, 6.07) is 0. The second-order valence-electron chi connectivity index (χ2n) is 3.61. The van der Waals surface area contributed by atoms with Gasteiger partial charge in [0.2, 0.25) is 0 Å². The van der Waals surface area contributed by atoms with Gasteiger partial charge in [-0.1, -0.05) is 26.2 Å². The molecule has 0 aromatic carbocycles. The molecule has 1 saturated heterocycles. The molecule has 2 nitrogen and oxygen atoms in total. The summed E-state index contributed by atoms with van der Waals surface area (Å²) < 4.78 is 5.49. The van der Waals surface area contributed by atoms with Gasteiger partial charge in [0.15, 0.2) is 0 Å². The van der Waals surface area contributed by atoms with Gasteiger partial charge in [-0.3, -0.25) is 0 Å². The maximum atomic E-state index is 9.54. The fourth-order valence-electron chi connectivity index (χ4n) is 1.70. The first-order valence-electron chi connectivity index (χ1n) is 5.14. The van der Waals surface area contributed by atoms with Crippen LogP contribution in [0.3, 0.4) is 0 Å². The number of hydrogen-bond donors (Lipinski definition) is 1. The Labute approximate surface area is 74.9 Å². The highest BCUT2D eigenvalue weighted by atomic mass is 16.5. The minimum Gasteiger partial charge on any atom is -0.390 e. The minimum absolute atomic E-state index is 0.130. The summed E-state index contributed by atoms with van der Waals surface area (Å²) in [5.74, 6) is 0. The van der Waals surface area contributed by atoms with Crippen LogP contribution in [0.25, 0.3) is 0 Å². The number of aliphatic hydroxyl groups excluding tert-OH is 1. The number of rotatable bonds is 4. The molecule has 0 aliphatic carbocycles. The lowest BCUT2D eigenvalue weighted by Crippen LogP contribution is -2.33. The van der Waals surface area contributed by atoms with Gasteiger partial charge in [0.25, 0.3) is 0 Å². The van der Waals surface area contributed by atoms with Crippen LogP contribution in [0.2, 0.25) is 0 Å². The zero-order chi connectivity index (χ0) is 8.81. The van der Waals surface area contributed by atoms with E-state index >= 15 is 0 Å². The third kappa shape index (κ3) is 3.11. The van der Waals surface area contributed by atoms with Crippen LogP contribution in [0, 0.1) is 0 Å². The van der Waals surface area contributed by atoms with Gasteiger partial charge in [-0.2, -0.15) is 0 Å². The molecule has 0 aromatic heterocycles. The molecule has 2 atom stereocenters. The van der Waals surface area contributed by atoms with Gasteiger partial charge in [0.05, 0.1) is 12.2 Å². The summed E-state index contributed by atoms with van der Waals surface area (Å²) in [4.78, 5) is 0. The molecule has 1 aliphatic rings. The van der Waals surface area contributed by atoms with Gasteiger partial charge in [-0.05, 0) is 19.3 Å². The first-order chi connectivity index (χ1) is 5.84. The number of unbranched alkanes of at least 4 members (excludes halogenated alkanes) is 2. The molecule has 12 heavy (non-hydrogen) atoms. The highest BCUT2D eigenvalue weighted by molar-refractivity contribution is 4.73. The molecule has 72 valence electrons. The lowest BCUT2D eigenvalue weighted by Gasteiger charge is -2.27. The predicted octanol–water partition coefficient (Wildman–Crippen LogP) is 2.11. The van der Waals surface area contributed by atoms with Crippen molar-refractivity contribution < 1.29 is 9.84 Å². The number of ether oxygens (including phenoxy) is 1. The molecule has 2 unspecified atom stereocenters. The van der Waals surface area contributed by atoms with Crippen molar-refractivity contribution in [2.75, 3.05) is 6.61 Å². The van der Waals surface area contributed by atoms with Gasteiger partial charge < -0.3 is 9.84 Å². The molecule has 0 radical (unpaired) electrons. The highest BCUT2D eigenvalue weighted by Crippen LogP contribution is 2.18. The van der Waals surface area contributed by atoms with Crippen LogP contribution in [0.5, 0.6) is 0 Å². The van der Waals surface area contributed by atoms with E-state index in [1.54, 1.807) is 0 Å². The molecule has 0 aromatic rings. The van der Waals surface area contributed by atoms with Crippen LogP contribution in [-0.4, -0.2) is 23.9 Å². The molecule has 0 saturated carbocycles. The summed E-state index contributed by atoms with van der Waals surface area (Å²) >= 11 is 0. The maximum Gasteiger partial charge on any atom is 0.0833 e. The van der Waals surface area contributed by atoms with E-state index in [1.165, 1.54) is 19.3 Å². The summed E-state index contributed by atoms with van der Waals surface area (Å²) in [5.41, 5.74) is 0. The molecule has 1 aliphatic heterocycles. The smallest absolute Gasteiger partial charge is 0.0833 e. The third-order valence-corrected chi connectivity index (χ3v) is 2.50. The zero-order valence-corrected chi connectivity index (χ0v) is 7.96. The first kappa shape index (κ1) is 10.0. The average Bonchev–Trinajstić information content (AvgIpc) is 2.09. The summed E-state index contributed by atoms with van der Waals surface area (Å²) in [5, 5.41) is 9.54. The van der Waals surface area contributed by atoms with Crippen molar-refractivity contribution >= 4 is 0 Å². The molecule has 1 fully saturated rings. The molecule has 1 rings (SSSR count). The van der Waals surface area contributed by atoms with E-state index in [1.807, 2.05) is 0 Å². The molecular weight excluding hydrogens is 152 g/mol. The Balaban J connectivity index is 2.11. The predicted molar refractivity (Wildman–Crippen MR) is 49.1 cm³/mol. The molecule has 0 bridgehead atoms. The first-order valence-corrected chi connectivity index (χ1v) is 5.14. The van der Waals surface area contributed by atoms with E-state index in [-0.39, 0.29) is 12.2 Å². The molecule has 1 N–H and O–H groups in total. The van der Waals surface area contributed by atoms with Crippen LogP contribution >= 0.6 is 0 Å². The second-order valence-corrected chi connectivity index (χ2v) is 3.61. The van der Waals surface area contributed by atoms with Crippen molar-refractivity contribution in [3.8, 4) is 0 Å². The summed E-state index contributed by atoms with van der Waals surface area (Å²) in [7, 11) is 0. The molecule has 2 heteroatoms. The van der Waals surface area contributed by atoms with Crippen LogP contribution in [0.1, 0.15) is 45.4 Å². The fraction of sp³-hybridized carbons (Fsp3) is 1.00. The summed E-state index contributed by atoms with van der Waals surface area (Å²) in [6.45, 7) is 3.03. The Hall–Kier alpha value is -0.0800. The van der Waals surface area contributed by atoms with Crippen LogP contribution < -0.4 is 0 Å². The Morgan fingerprint density at radius 2 is 2.25 bits per heavy atom. The maximum absolute atomic E-state index is 9.54. The van der Waals surface area contributed by atoms with Crippen molar-refractivity contribution in [1.82, 2.24) is 0 Å². The average molecular weight is 172 g/mol. The van der Waals surface area contributed by atoms with Gasteiger partial charge in [0.1, 0.15) is 0 Å². The van der Waals surface area contributed by atoms with Gasteiger partial charge in [-0.15, -0.1) is 0 Å². The Bertz CT molecular complexity index is 114. The standard InChI is InChI=1S/C10H20O2/c1-2-3-4-7-10-9(11)6-5-8-12-10/h9-11H,2-8H2,1H3. The van der Waals surface area contributed by atoms with E-state index < -0.39 is 0 Å². The second kappa shape index (κ2) is 5.55. The molecule has 0 amide bonds. The van der Waals surface area contributed by atoms with E-state index in [4.69, 9.17) is 4.74 Å². The van der Waals surface area contributed by atoms with Gasteiger partial charge in [-0.25, -0.2) is 0 Å². The van der Waals surface area contributed by atoms with Crippen molar-refractivity contribution in [3.05, 3.63) is 0 Å². The monoisotopic (exact) mass is 172 g/mol. The Kier molecular flexibility index (Phi) is 4.62. The van der Waals surface area contributed by atoms with Crippen molar-refractivity contribution in [3.63, 3.8) is 0 Å². The van der Waals surface area contributed by atoms with Gasteiger partial charge >= 0.3 is 0 Å². The molecular formula is C10H20O2. The van der Waals surface area contributed by atoms with Crippen molar-refractivity contribution in [1.29, 1.82) is 0 Å². The number of hydrogen-bond acceptors (Lipinski definition) is 2. The van der Waals surface area contributed by atoms with Crippen molar-refractivity contribution in [2.45, 2.75) is 57.7 Å². The Morgan fingerprint density at radius 3 is 2.92 bits per heavy atom. The van der Waals surface area contributed by atoms with Crippen LogP contribution in [-0.2, 0) is 4.74 Å². The largest absolute Gasteiger partial charge is 0.390 e. The number of aliphatic hydroxyl groups is 1. The van der Waals surface area contributed by atoms with E-state index in [0.717, 1.165) is 25.9 Å². The van der Waals surface area contributed by atoms with Gasteiger partial charge in [0, 0.05) is 6.61 Å². The lowest BCUT2D eigenvalue weighted by atomic mass is 10.0. The van der Waals surface area contributed by atoms with E-state index in [0.29, 0.717) is 0 Å². The topological polar surface area (TPSA) is 29.5 Å². The van der Waals surface area contributed by atoms with E-state index in [2.05, 4.69) is 6.92 Å². The molecule has 0 spiro atoms. The van der Waals surface area contributed by atoms with Crippen LogP contribution in [0.4, 0.5) is 0 Å². The summed E-state index contributed by atoms with van der Waals surface area (Å²) in [6.07, 6.45) is 6.60. The zero-order valence-electron chi connectivity index (χ0n) is 7.96. The third-order valence-electron chi connectivity index (χ3n) is 2.50.